The minimum Gasteiger partial charge on any atom is -0.452 e. The van der Waals surface area contributed by atoms with Crippen LogP contribution in [-0.2, 0) is 9.53 Å². The number of hydrogen-bond acceptors (Lipinski definition) is 5. The second kappa shape index (κ2) is 8.44. The Kier molecular flexibility index (Phi) is 6.30. The van der Waals surface area contributed by atoms with Crippen LogP contribution in [0.25, 0.3) is 0 Å². The summed E-state index contributed by atoms with van der Waals surface area (Å²) in [6.07, 6.45) is 0. The van der Waals surface area contributed by atoms with Crippen LogP contribution in [0.2, 0.25) is 5.02 Å². The summed E-state index contributed by atoms with van der Waals surface area (Å²) >= 11 is 5.78. The molecule has 0 bridgehead atoms. The zero-order chi connectivity index (χ0) is 19.3. The number of rotatable bonds is 6. The van der Waals surface area contributed by atoms with Crippen molar-refractivity contribution in [3.8, 4) is 0 Å². The van der Waals surface area contributed by atoms with Gasteiger partial charge in [0.05, 0.1) is 11.0 Å². The maximum absolute atomic E-state index is 12.3. The minimum atomic E-state index is -0.978. The summed E-state index contributed by atoms with van der Waals surface area (Å²) in [5.74, 6) is -1.41. The Balaban J connectivity index is 2.04. The van der Waals surface area contributed by atoms with E-state index in [1.165, 1.54) is 11.0 Å². The lowest BCUT2D eigenvalue weighted by molar-refractivity contribution is -0.385. The summed E-state index contributed by atoms with van der Waals surface area (Å²) in [6, 6.07) is 12.7. The molecule has 0 aromatic heterocycles. The maximum atomic E-state index is 12.3. The Hall–Kier alpha value is -2.93. The van der Waals surface area contributed by atoms with E-state index in [-0.39, 0.29) is 16.6 Å². The lowest BCUT2D eigenvalue weighted by Crippen LogP contribution is -2.33. The number of esters is 1. The number of benzene rings is 2. The fourth-order valence-corrected chi connectivity index (χ4v) is 2.48. The van der Waals surface area contributed by atoms with Gasteiger partial charge in [-0.25, -0.2) is 4.79 Å². The van der Waals surface area contributed by atoms with E-state index in [0.29, 0.717) is 0 Å². The smallest absolute Gasteiger partial charge is 0.345 e. The first-order valence-electron chi connectivity index (χ1n) is 7.73. The molecule has 0 spiro atoms. The number of halogens is 1. The van der Waals surface area contributed by atoms with E-state index < -0.39 is 29.1 Å². The van der Waals surface area contributed by atoms with Crippen LogP contribution in [-0.4, -0.2) is 35.4 Å². The fraction of sp³-hybridized carbons (Fsp3) is 0.222. The van der Waals surface area contributed by atoms with Crippen molar-refractivity contribution in [1.82, 2.24) is 4.90 Å². The molecule has 8 heteroatoms. The lowest BCUT2D eigenvalue weighted by atomic mass is 10.1. The van der Waals surface area contributed by atoms with E-state index in [1.54, 1.807) is 7.05 Å². The molecule has 0 saturated carbocycles. The van der Waals surface area contributed by atoms with Crippen molar-refractivity contribution < 1.29 is 19.2 Å². The predicted octanol–water partition coefficient (Wildman–Crippen LogP) is 3.62. The van der Waals surface area contributed by atoms with E-state index in [0.717, 1.165) is 17.7 Å². The van der Waals surface area contributed by atoms with E-state index in [4.69, 9.17) is 16.3 Å². The van der Waals surface area contributed by atoms with E-state index in [2.05, 4.69) is 0 Å². The standard InChI is InChI=1S/C18H17ClN2O5/c1-12(13-6-4-3-5-7-13)20(2)17(22)11-26-18(23)15-10-14(19)8-9-16(15)21(24)25/h3-10,12H,11H2,1-2H3. The van der Waals surface area contributed by atoms with Crippen LogP contribution in [0, 0.1) is 10.1 Å². The van der Waals surface area contributed by atoms with Gasteiger partial charge in [0, 0.05) is 18.1 Å². The molecule has 2 aromatic carbocycles. The number of likely N-dealkylation sites (N-methyl/N-ethyl adjacent to an activating group) is 1. The summed E-state index contributed by atoms with van der Waals surface area (Å²) in [7, 11) is 1.59. The van der Waals surface area contributed by atoms with E-state index in [9.17, 15) is 19.7 Å². The van der Waals surface area contributed by atoms with E-state index >= 15 is 0 Å². The zero-order valence-corrected chi connectivity index (χ0v) is 15.0. The number of nitro benzene ring substituents is 1. The molecule has 0 saturated heterocycles. The SMILES string of the molecule is CC(c1ccccc1)N(C)C(=O)COC(=O)c1cc(Cl)ccc1[N+](=O)[O-]. The number of nitrogens with zero attached hydrogens (tertiary/aromatic N) is 2. The molecule has 0 aliphatic rings. The first-order chi connectivity index (χ1) is 12.3. The number of nitro groups is 1. The summed E-state index contributed by atoms with van der Waals surface area (Å²) < 4.78 is 4.95. The Labute approximate surface area is 155 Å². The molecule has 0 radical (unpaired) electrons. The van der Waals surface area contributed by atoms with Crippen LogP contribution in [0.15, 0.2) is 48.5 Å². The van der Waals surface area contributed by atoms with Gasteiger partial charge in [0.1, 0.15) is 5.56 Å². The molecule has 0 N–H and O–H groups in total. The van der Waals surface area contributed by atoms with Crippen molar-refractivity contribution in [2.75, 3.05) is 13.7 Å². The molecule has 2 aromatic rings. The highest BCUT2D eigenvalue weighted by Crippen LogP contribution is 2.24. The fourth-order valence-electron chi connectivity index (χ4n) is 2.31. The third-order valence-electron chi connectivity index (χ3n) is 3.96. The molecular weight excluding hydrogens is 360 g/mol. The van der Waals surface area contributed by atoms with Crippen molar-refractivity contribution >= 4 is 29.2 Å². The molecule has 1 atom stereocenters. The molecule has 1 unspecified atom stereocenters. The zero-order valence-electron chi connectivity index (χ0n) is 14.2. The summed E-state index contributed by atoms with van der Waals surface area (Å²) in [5.41, 5.74) is 0.201. The Morgan fingerprint density at radius 2 is 1.88 bits per heavy atom. The van der Waals surface area contributed by atoms with Crippen LogP contribution in [0.3, 0.4) is 0 Å². The highest BCUT2D eigenvalue weighted by Gasteiger charge is 2.24. The number of carbonyl (C=O) groups is 2. The van der Waals surface area contributed by atoms with Crippen LogP contribution < -0.4 is 0 Å². The first kappa shape index (κ1) is 19.4. The average Bonchev–Trinajstić information content (AvgIpc) is 2.64. The van der Waals surface area contributed by atoms with Gasteiger partial charge in [0.15, 0.2) is 6.61 Å². The van der Waals surface area contributed by atoms with Crippen LogP contribution in [0.1, 0.15) is 28.9 Å². The monoisotopic (exact) mass is 376 g/mol. The second-order valence-electron chi connectivity index (χ2n) is 5.59. The average molecular weight is 377 g/mol. The van der Waals surface area contributed by atoms with Crippen molar-refractivity contribution in [3.63, 3.8) is 0 Å². The van der Waals surface area contributed by atoms with Gasteiger partial charge < -0.3 is 9.64 Å². The van der Waals surface area contributed by atoms with Gasteiger partial charge in [0.25, 0.3) is 11.6 Å². The van der Waals surface area contributed by atoms with Crippen LogP contribution in [0.4, 0.5) is 5.69 Å². The number of carbonyl (C=O) groups excluding carboxylic acids is 2. The van der Waals surface area contributed by atoms with Gasteiger partial charge in [-0.3, -0.25) is 14.9 Å². The molecule has 0 fully saturated rings. The minimum absolute atomic E-state index is 0.156. The molecule has 0 aliphatic carbocycles. The van der Waals surface area contributed by atoms with E-state index in [1.807, 2.05) is 37.3 Å². The summed E-state index contributed by atoms with van der Waals surface area (Å²) in [4.78, 5) is 36.1. The second-order valence-corrected chi connectivity index (χ2v) is 6.02. The van der Waals surface area contributed by atoms with Gasteiger partial charge >= 0.3 is 5.97 Å². The number of hydrogen-bond donors (Lipinski definition) is 0. The molecule has 26 heavy (non-hydrogen) atoms. The highest BCUT2D eigenvalue weighted by molar-refractivity contribution is 6.31. The van der Waals surface area contributed by atoms with Crippen molar-refractivity contribution in [2.45, 2.75) is 13.0 Å². The topological polar surface area (TPSA) is 89.8 Å². The largest absolute Gasteiger partial charge is 0.452 e. The Morgan fingerprint density at radius 1 is 1.23 bits per heavy atom. The van der Waals surface area contributed by atoms with Crippen LogP contribution >= 0.6 is 11.6 Å². The number of amides is 1. The normalized spacial score (nSPS) is 11.5. The van der Waals surface area contributed by atoms with Crippen LogP contribution in [0.5, 0.6) is 0 Å². The highest BCUT2D eigenvalue weighted by atomic mass is 35.5. The Morgan fingerprint density at radius 3 is 2.50 bits per heavy atom. The van der Waals surface area contributed by atoms with Crippen molar-refractivity contribution in [2.24, 2.45) is 0 Å². The summed E-state index contributed by atoms with van der Waals surface area (Å²) in [6.45, 7) is 1.31. The van der Waals surface area contributed by atoms with Gasteiger partial charge in [0.2, 0.25) is 0 Å². The molecule has 2 rings (SSSR count). The van der Waals surface area contributed by atoms with Crippen molar-refractivity contribution in [1.29, 1.82) is 0 Å². The predicted molar refractivity (Wildman–Crippen MR) is 96.0 cm³/mol. The number of ether oxygens (including phenoxy) is 1. The Bertz CT molecular complexity index is 826. The molecule has 1 amide bonds. The van der Waals surface area contributed by atoms with Crippen molar-refractivity contribution in [3.05, 3.63) is 74.8 Å². The third-order valence-corrected chi connectivity index (χ3v) is 4.19. The van der Waals surface area contributed by atoms with Gasteiger partial charge in [-0.1, -0.05) is 41.9 Å². The van der Waals surface area contributed by atoms with Gasteiger partial charge in [-0.05, 0) is 24.6 Å². The molecular formula is C18H17ClN2O5. The molecule has 0 aliphatic heterocycles. The first-order valence-corrected chi connectivity index (χ1v) is 8.10. The van der Waals surface area contributed by atoms with Gasteiger partial charge in [-0.15, -0.1) is 0 Å². The maximum Gasteiger partial charge on any atom is 0.345 e. The lowest BCUT2D eigenvalue weighted by Gasteiger charge is -2.25. The molecule has 7 nitrogen and oxygen atoms in total. The quantitative estimate of drug-likeness (QED) is 0.436. The summed E-state index contributed by atoms with van der Waals surface area (Å²) in [5, 5.41) is 11.2. The third kappa shape index (κ3) is 4.58. The van der Waals surface area contributed by atoms with Gasteiger partial charge in [-0.2, -0.15) is 0 Å². The molecule has 0 heterocycles. The molecule has 136 valence electrons.